The Morgan fingerprint density at radius 3 is 1.17 bits per heavy atom. The van der Waals surface area contributed by atoms with Crippen LogP contribution < -0.4 is 0 Å². The van der Waals surface area contributed by atoms with Gasteiger partial charge in [0.15, 0.2) is 0 Å². The van der Waals surface area contributed by atoms with Crippen LogP contribution in [0.5, 0.6) is 0 Å². The summed E-state index contributed by atoms with van der Waals surface area (Å²) < 4.78 is 31.6. The van der Waals surface area contributed by atoms with Crippen LogP contribution in [0.25, 0.3) is 0 Å². The second kappa shape index (κ2) is 3.17. The van der Waals surface area contributed by atoms with Crippen LogP contribution in [0.2, 0.25) is 0 Å². The van der Waals surface area contributed by atoms with Crippen LogP contribution in [0.15, 0.2) is 0 Å². The van der Waals surface area contributed by atoms with Gasteiger partial charge in [-0.3, -0.25) is 9.11 Å². The van der Waals surface area contributed by atoms with Crippen molar-refractivity contribution in [2.75, 3.05) is 0 Å². The van der Waals surface area contributed by atoms with Crippen molar-refractivity contribution in [1.29, 1.82) is 0 Å². The summed E-state index contributed by atoms with van der Waals surface area (Å²) in [7, 11) is -4.67. The monoisotopic (exact) mass is 140 g/mol. The van der Waals surface area contributed by atoms with Gasteiger partial charge in [0.25, 0.3) is 0 Å². The van der Waals surface area contributed by atoms with Crippen LogP contribution in [0.3, 0.4) is 0 Å². The Kier molecular flexibility index (Phi) is 5.38. The van der Waals surface area contributed by atoms with E-state index in [2.05, 4.69) is 0 Å². The maximum absolute atomic E-state index is 8.74. The molecule has 0 radical (unpaired) electrons. The Bertz CT molecular complexity index is 90.7. The van der Waals surface area contributed by atoms with Crippen molar-refractivity contribution in [3.05, 3.63) is 0 Å². The summed E-state index contributed by atoms with van der Waals surface area (Å²) in [5, 5.41) is 0. The fourth-order valence-electron chi connectivity index (χ4n) is 0. The molecular weight excluding hydrogens is 136 g/mol. The van der Waals surface area contributed by atoms with E-state index in [1.165, 1.54) is 0 Å². The molecule has 0 aliphatic rings. The van der Waals surface area contributed by atoms with Gasteiger partial charge in [-0.2, -0.15) is 8.42 Å². The van der Waals surface area contributed by atoms with Crippen LogP contribution in [-0.4, -0.2) is 55.3 Å². The molecule has 0 bridgehead atoms. The zero-order valence-electron chi connectivity index (χ0n) is 2.12. The summed E-state index contributed by atoms with van der Waals surface area (Å²) >= 11 is 0. The van der Waals surface area contributed by atoms with Gasteiger partial charge in [-0.15, -0.1) is 0 Å². The van der Waals surface area contributed by atoms with Crippen LogP contribution >= 0.6 is 0 Å². The fourth-order valence-corrected chi connectivity index (χ4v) is 0. The number of hydrogen-bond donors (Lipinski definition) is 2. The van der Waals surface area contributed by atoms with E-state index in [9.17, 15) is 0 Å². The molecule has 6 heavy (non-hydrogen) atoms. The van der Waals surface area contributed by atoms with Crippen molar-refractivity contribution >= 4 is 48.1 Å². The predicted octanol–water partition coefficient (Wildman–Crippen LogP) is -1.57. The Balaban J connectivity index is 0. The van der Waals surface area contributed by atoms with Crippen molar-refractivity contribution in [1.82, 2.24) is 0 Å². The van der Waals surface area contributed by atoms with Gasteiger partial charge in [0.05, 0.1) is 0 Å². The first-order valence-electron chi connectivity index (χ1n) is 0.698. The minimum atomic E-state index is -4.67. The number of rotatable bonds is 0. The maximum atomic E-state index is 8.74. The van der Waals surface area contributed by atoms with E-state index < -0.39 is 10.4 Å². The van der Waals surface area contributed by atoms with Gasteiger partial charge in [-0.25, -0.2) is 0 Å². The predicted molar refractivity (Wildman–Crippen MR) is 22.7 cm³/mol. The topological polar surface area (TPSA) is 74.6 Å². The van der Waals surface area contributed by atoms with E-state index in [4.69, 9.17) is 17.5 Å². The van der Waals surface area contributed by atoms with Crippen LogP contribution in [0, 0.1) is 0 Å². The Hall–Kier alpha value is 1.13. The molecule has 0 heterocycles. The molecule has 0 aromatic heterocycles. The molecular formula is H4CaO4S. The molecule has 0 saturated carbocycles. The molecule has 0 fully saturated rings. The molecule has 0 aromatic carbocycles. The van der Waals surface area contributed by atoms with Crippen LogP contribution in [0.4, 0.5) is 0 Å². The average molecular weight is 140 g/mol. The van der Waals surface area contributed by atoms with Crippen LogP contribution in [-0.2, 0) is 10.4 Å². The third kappa shape index (κ3) is 68.5. The van der Waals surface area contributed by atoms with E-state index >= 15 is 0 Å². The Labute approximate surface area is 65.1 Å². The molecule has 4 nitrogen and oxygen atoms in total. The minimum absolute atomic E-state index is 0. The Morgan fingerprint density at radius 2 is 1.17 bits per heavy atom. The van der Waals surface area contributed by atoms with Crippen molar-refractivity contribution in [2.24, 2.45) is 0 Å². The van der Waals surface area contributed by atoms with Crippen molar-refractivity contribution in [2.45, 2.75) is 0 Å². The summed E-state index contributed by atoms with van der Waals surface area (Å²) in [5.41, 5.74) is 0. The average Bonchev–Trinajstić information content (AvgIpc) is 0.722. The fraction of sp³-hybridized carbons (Fsp3) is 0. The van der Waals surface area contributed by atoms with E-state index in [-0.39, 0.29) is 37.7 Å². The molecule has 0 rings (SSSR count). The zero-order chi connectivity index (χ0) is 4.50. The van der Waals surface area contributed by atoms with Crippen molar-refractivity contribution in [3.8, 4) is 0 Å². The SMILES string of the molecule is O=S(=O)(O)O.[CaH2]. The van der Waals surface area contributed by atoms with E-state index in [0.717, 1.165) is 0 Å². The normalized spacial score (nSPS) is 9.67. The number of hydrogen-bond acceptors (Lipinski definition) is 2. The zero-order valence-corrected chi connectivity index (χ0v) is 2.94. The summed E-state index contributed by atoms with van der Waals surface area (Å²) in [6.45, 7) is 0. The molecule has 0 aliphatic carbocycles. The van der Waals surface area contributed by atoms with Gasteiger partial charge in [-0.1, -0.05) is 0 Å². The molecule has 0 aromatic rings. The first kappa shape index (κ1) is 10.2. The first-order valence-corrected chi connectivity index (χ1v) is 2.10. The van der Waals surface area contributed by atoms with Gasteiger partial charge < -0.3 is 0 Å². The van der Waals surface area contributed by atoms with Gasteiger partial charge in [0.2, 0.25) is 0 Å². The summed E-state index contributed by atoms with van der Waals surface area (Å²) in [4.78, 5) is 0. The summed E-state index contributed by atoms with van der Waals surface area (Å²) in [6, 6.07) is 0. The first-order chi connectivity index (χ1) is 2.00. The molecule has 0 atom stereocenters. The van der Waals surface area contributed by atoms with Gasteiger partial charge >= 0.3 is 48.1 Å². The van der Waals surface area contributed by atoms with Crippen molar-refractivity contribution in [3.63, 3.8) is 0 Å². The van der Waals surface area contributed by atoms with Crippen LogP contribution in [0.1, 0.15) is 0 Å². The second-order valence-electron chi connectivity index (χ2n) is 0.448. The van der Waals surface area contributed by atoms with E-state index in [1.807, 2.05) is 0 Å². The van der Waals surface area contributed by atoms with E-state index in [1.54, 1.807) is 0 Å². The molecule has 0 saturated heterocycles. The standard InChI is InChI=1S/Ca.H2O4S.2H/c;1-5(2,3)4;;/h;(H2,1,2,3,4);;. The Morgan fingerprint density at radius 1 is 1.17 bits per heavy atom. The van der Waals surface area contributed by atoms with Gasteiger partial charge in [0.1, 0.15) is 0 Å². The van der Waals surface area contributed by atoms with Gasteiger partial charge in [0, 0.05) is 0 Å². The second-order valence-corrected chi connectivity index (χ2v) is 1.34. The molecule has 0 unspecified atom stereocenters. The van der Waals surface area contributed by atoms with Gasteiger partial charge in [-0.05, 0) is 0 Å². The summed E-state index contributed by atoms with van der Waals surface area (Å²) in [5.74, 6) is 0. The molecule has 36 valence electrons. The molecule has 6 heteroatoms. The molecule has 0 amide bonds. The molecule has 0 spiro atoms. The molecule has 2 N–H and O–H groups in total. The van der Waals surface area contributed by atoms with Crippen molar-refractivity contribution < 1.29 is 17.5 Å². The van der Waals surface area contributed by atoms with E-state index in [0.29, 0.717) is 0 Å². The molecule has 0 aliphatic heterocycles. The summed E-state index contributed by atoms with van der Waals surface area (Å²) in [6.07, 6.45) is 0. The third-order valence-electron chi connectivity index (χ3n) is 0. The third-order valence-corrected chi connectivity index (χ3v) is 0. The quantitative estimate of drug-likeness (QED) is 0.315.